The maximum atomic E-state index is 12.3. The van der Waals surface area contributed by atoms with Crippen LogP contribution >= 0.6 is 11.6 Å². The number of hydrogen-bond donors (Lipinski definition) is 1. The third-order valence-electron chi connectivity index (χ3n) is 3.79. The van der Waals surface area contributed by atoms with E-state index in [0.29, 0.717) is 23.0 Å². The molecule has 0 bridgehead atoms. The van der Waals surface area contributed by atoms with Crippen LogP contribution in [0.15, 0.2) is 51.8 Å². The van der Waals surface area contributed by atoms with Crippen LogP contribution in [0.1, 0.15) is 18.3 Å². The molecular weight excluding hydrogens is 356 g/mol. The fraction of sp³-hybridized carbons (Fsp3) is 0.222. The van der Waals surface area contributed by atoms with Crippen LogP contribution in [-0.2, 0) is 24.3 Å². The fourth-order valence-corrected chi connectivity index (χ4v) is 2.61. The van der Waals surface area contributed by atoms with Crippen LogP contribution in [0.5, 0.6) is 0 Å². The average molecular weight is 373 g/mol. The van der Waals surface area contributed by atoms with Gasteiger partial charge in [0, 0.05) is 24.1 Å². The average Bonchev–Trinajstić information content (AvgIpc) is 3.12. The number of pyridine rings is 1. The van der Waals surface area contributed by atoms with Crippen LogP contribution in [0.3, 0.4) is 0 Å². The van der Waals surface area contributed by atoms with Crippen LogP contribution in [0, 0.1) is 0 Å². The number of hydrogen-bond acceptors (Lipinski definition) is 5. The Bertz CT molecular complexity index is 980. The van der Waals surface area contributed by atoms with Crippen molar-refractivity contribution in [2.24, 2.45) is 0 Å². The lowest BCUT2D eigenvalue weighted by molar-refractivity contribution is -0.121. The lowest BCUT2D eigenvalue weighted by Crippen LogP contribution is -2.32. The lowest BCUT2D eigenvalue weighted by Gasteiger charge is -2.11. The molecule has 3 rings (SSSR count). The van der Waals surface area contributed by atoms with Gasteiger partial charge in [0.05, 0.1) is 0 Å². The number of rotatable bonds is 6. The first-order valence-corrected chi connectivity index (χ1v) is 8.49. The molecule has 7 nitrogen and oxygen atoms in total. The van der Waals surface area contributed by atoms with E-state index >= 15 is 0 Å². The summed E-state index contributed by atoms with van der Waals surface area (Å²) in [5, 5.41) is 7.16. The maximum Gasteiger partial charge on any atom is 0.274 e. The highest BCUT2D eigenvalue weighted by Gasteiger charge is 2.15. The van der Waals surface area contributed by atoms with Crippen molar-refractivity contribution in [2.75, 3.05) is 0 Å². The molecule has 0 saturated carbocycles. The van der Waals surface area contributed by atoms with Gasteiger partial charge in [0.15, 0.2) is 5.82 Å². The molecule has 0 aliphatic carbocycles. The molecule has 0 atom stereocenters. The monoisotopic (exact) mass is 372 g/mol. The van der Waals surface area contributed by atoms with Crippen molar-refractivity contribution in [2.45, 2.75) is 26.4 Å². The van der Waals surface area contributed by atoms with Crippen molar-refractivity contribution < 1.29 is 9.32 Å². The predicted octanol–water partition coefficient (Wildman–Crippen LogP) is 2.43. The summed E-state index contributed by atoms with van der Waals surface area (Å²) in [5.41, 5.74) is 0.872. The fourth-order valence-electron chi connectivity index (χ4n) is 2.41. The zero-order valence-electron chi connectivity index (χ0n) is 14.1. The van der Waals surface area contributed by atoms with Gasteiger partial charge in [-0.15, -0.1) is 0 Å². The maximum absolute atomic E-state index is 12.3. The Morgan fingerprint density at radius 2 is 2.04 bits per heavy atom. The summed E-state index contributed by atoms with van der Waals surface area (Å²) in [7, 11) is 0. The quantitative estimate of drug-likeness (QED) is 0.717. The molecule has 0 aliphatic rings. The Morgan fingerprint density at radius 1 is 1.23 bits per heavy atom. The van der Waals surface area contributed by atoms with Gasteiger partial charge in [0.2, 0.25) is 5.91 Å². The van der Waals surface area contributed by atoms with Gasteiger partial charge in [0.25, 0.3) is 11.4 Å². The Labute approximate surface area is 154 Å². The number of benzene rings is 1. The van der Waals surface area contributed by atoms with Crippen molar-refractivity contribution in [3.05, 3.63) is 69.2 Å². The molecule has 2 heterocycles. The number of amides is 1. The number of nitrogens with one attached hydrogen (secondary N) is 1. The molecule has 1 amide bonds. The van der Waals surface area contributed by atoms with Crippen molar-refractivity contribution in [1.29, 1.82) is 0 Å². The number of aromatic nitrogens is 3. The molecule has 1 N–H and O–H groups in total. The first-order valence-electron chi connectivity index (χ1n) is 8.11. The van der Waals surface area contributed by atoms with Gasteiger partial charge in [0.1, 0.15) is 12.2 Å². The molecule has 2 aromatic heterocycles. The van der Waals surface area contributed by atoms with Gasteiger partial charge in [-0.3, -0.25) is 14.2 Å². The van der Waals surface area contributed by atoms with Crippen LogP contribution in [0.25, 0.3) is 11.6 Å². The number of carbonyl (C=O) groups excluding carboxylic acids is 1. The Balaban J connectivity index is 1.78. The van der Waals surface area contributed by atoms with Gasteiger partial charge >= 0.3 is 0 Å². The van der Waals surface area contributed by atoms with E-state index in [9.17, 15) is 9.59 Å². The second-order valence-corrected chi connectivity index (χ2v) is 5.98. The van der Waals surface area contributed by atoms with Crippen molar-refractivity contribution in [3.63, 3.8) is 0 Å². The first-order chi connectivity index (χ1) is 12.6. The van der Waals surface area contributed by atoms with Gasteiger partial charge in [-0.2, -0.15) is 4.98 Å². The molecule has 26 heavy (non-hydrogen) atoms. The van der Waals surface area contributed by atoms with Crippen LogP contribution < -0.4 is 10.9 Å². The molecule has 0 unspecified atom stereocenters. The third-order valence-corrected chi connectivity index (χ3v) is 4.16. The van der Waals surface area contributed by atoms with E-state index in [1.807, 2.05) is 25.1 Å². The number of aryl methyl sites for hydroxylation is 1. The summed E-state index contributed by atoms with van der Waals surface area (Å²) in [6.45, 7) is 2.01. The van der Waals surface area contributed by atoms with Gasteiger partial charge < -0.3 is 9.84 Å². The molecule has 3 aromatic rings. The minimum Gasteiger partial charge on any atom is -0.350 e. The molecule has 1 aromatic carbocycles. The van der Waals surface area contributed by atoms with Gasteiger partial charge in [-0.05, 0) is 17.7 Å². The van der Waals surface area contributed by atoms with Crippen molar-refractivity contribution in [1.82, 2.24) is 20.0 Å². The molecule has 0 fully saturated rings. The second-order valence-electron chi connectivity index (χ2n) is 5.57. The molecule has 0 saturated heterocycles. The molecule has 0 spiro atoms. The highest BCUT2D eigenvalue weighted by molar-refractivity contribution is 6.31. The first kappa shape index (κ1) is 17.9. The highest BCUT2D eigenvalue weighted by atomic mass is 35.5. The van der Waals surface area contributed by atoms with Crippen molar-refractivity contribution in [3.8, 4) is 11.6 Å². The SMILES string of the molecule is CCc1noc(-c2cccc(=O)n2CC(=O)NCc2ccccc2Cl)n1. The van der Waals surface area contributed by atoms with Gasteiger partial charge in [-0.25, -0.2) is 0 Å². The van der Waals surface area contributed by atoms with E-state index in [2.05, 4.69) is 15.5 Å². The smallest absolute Gasteiger partial charge is 0.274 e. The molecule has 0 aliphatic heterocycles. The Kier molecular flexibility index (Phi) is 5.48. The number of halogens is 1. The minimum atomic E-state index is -0.327. The summed E-state index contributed by atoms with van der Waals surface area (Å²) in [6.07, 6.45) is 0.610. The van der Waals surface area contributed by atoms with Crippen LogP contribution in [0.2, 0.25) is 5.02 Å². The molecule has 134 valence electrons. The zero-order valence-corrected chi connectivity index (χ0v) is 14.9. The van der Waals surface area contributed by atoms with E-state index in [4.69, 9.17) is 16.1 Å². The van der Waals surface area contributed by atoms with E-state index in [-0.39, 0.29) is 30.4 Å². The summed E-state index contributed by atoms with van der Waals surface area (Å²) in [4.78, 5) is 28.8. The Morgan fingerprint density at radius 3 is 2.77 bits per heavy atom. The van der Waals surface area contributed by atoms with E-state index in [1.165, 1.54) is 10.6 Å². The van der Waals surface area contributed by atoms with Gasteiger partial charge in [-0.1, -0.05) is 47.9 Å². The molecule has 8 heteroatoms. The zero-order chi connectivity index (χ0) is 18.5. The molecular formula is C18H17ClN4O3. The predicted molar refractivity (Wildman–Crippen MR) is 96.7 cm³/mol. The van der Waals surface area contributed by atoms with E-state index < -0.39 is 0 Å². The summed E-state index contributed by atoms with van der Waals surface area (Å²) in [6, 6.07) is 11.9. The Hall–Kier alpha value is -2.93. The largest absolute Gasteiger partial charge is 0.350 e. The normalized spacial score (nSPS) is 10.7. The van der Waals surface area contributed by atoms with E-state index in [0.717, 1.165) is 5.56 Å². The second kappa shape index (κ2) is 7.97. The number of nitrogens with zero attached hydrogens (tertiary/aromatic N) is 3. The summed E-state index contributed by atoms with van der Waals surface area (Å²) in [5.74, 6) is 0.416. The van der Waals surface area contributed by atoms with E-state index in [1.54, 1.807) is 18.2 Å². The van der Waals surface area contributed by atoms with Crippen LogP contribution in [0.4, 0.5) is 0 Å². The molecule has 0 radical (unpaired) electrons. The lowest BCUT2D eigenvalue weighted by atomic mass is 10.2. The standard InChI is InChI=1S/C18H17ClN4O3/c1-2-15-21-18(26-22-15)14-8-5-9-17(25)23(14)11-16(24)20-10-12-6-3-4-7-13(12)19/h3-9H,2,10-11H2,1H3,(H,20,24). The minimum absolute atomic E-state index is 0.163. The highest BCUT2D eigenvalue weighted by Crippen LogP contribution is 2.16. The topological polar surface area (TPSA) is 90.0 Å². The summed E-state index contributed by atoms with van der Waals surface area (Å²) < 4.78 is 6.49. The number of carbonyl (C=O) groups is 1. The summed E-state index contributed by atoms with van der Waals surface area (Å²) >= 11 is 6.08. The third kappa shape index (κ3) is 4.00. The van der Waals surface area contributed by atoms with Crippen LogP contribution in [-0.4, -0.2) is 20.6 Å². The van der Waals surface area contributed by atoms with Crippen molar-refractivity contribution >= 4 is 17.5 Å².